The Morgan fingerprint density at radius 3 is 2.44 bits per heavy atom. The smallest absolute Gasteiger partial charge is 0.124 e. The lowest BCUT2D eigenvalue weighted by Crippen LogP contribution is -2.18. The maximum atomic E-state index is 13.4. The molecule has 0 aromatic heterocycles. The van der Waals surface area contributed by atoms with Gasteiger partial charge in [0.1, 0.15) is 11.6 Å². The van der Waals surface area contributed by atoms with Crippen LogP contribution in [0.2, 0.25) is 0 Å². The van der Waals surface area contributed by atoms with Gasteiger partial charge in [-0.2, -0.15) is 0 Å². The zero-order chi connectivity index (χ0) is 13.0. The first-order valence-electron chi connectivity index (χ1n) is 5.82. The van der Waals surface area contributed by atoms with Crippen molar-refractivity contribution >= 4 is 0 Å². The van der Waals surface area contributed by atoms with Gasteiger partial charge in [-0.05, 0) is 30.8 Å². The highest BCUT2D eigenvalue weighted by molar-refractivity contribution is 5.41. The van der Waals surface area contributed by atoms with Crippen molar-refractivity contribution in [1.29, 1.82) is 0 Å². The average molecular weight is 245 g/mol. The molecular formula is C15H16FNO. The molecule has 0 saturated carbocycles. The van der Waals surface area contributed by atoms with Gasteiger partial charge in [-0.1, -0.05) is 30.3 Å². The zero-order valence-corrected chi connectivity index (χ0v) is 10.5. The van der Waals surface area contributed by atoms with Gasteiger partial charge in [-0.25, -0.2) is 4.39 Å². The van der Waals surface area contributed by atoms with Crippen LogP contribution in [0.25, 0.3) is 0 Å². The van der Waals surface area contributed by atoms with Crippen LogP contribution in [0.4, 0.5) is 4.39 Å². The predicted octanol–water partition coefficient (Wildman–Crippen LogP) is 3.14. The second kappa shape index (κ2) is 5.65. The lowest BCUT2D eigenvalue weighted by Gasteiger charge is -2.19. The molecule has 18 heavy (non-hydrogen) atoms. The molecular weight excluding hydrogens is 229 g/mol. The summed E-state index contributed by atoms with van der Waals surface area (Å²) in [5.74, 6) is 0.418. The molecule has 2 nitrogen and oxygen atoms in total. The molecule has 0 heterocycles. The van der Waals surface area contributed by atoms with Crippen molar-refractivity contribution < 1.29 is 9.13 Å². The minimum absolute atomic E-state index is 0.0863. The summed E-state index contributed by atoms with van der Waals surface area (Å²) in [6, 6.07) is 14.4. The van der Waals surface area contributed by atoms with Crippen molar-refractivity contribution in [3.63, 3.8) is 0 Å². The molecule has 0 aliphatic heterocycles. The van der Waals surface area contributed by atoms with Crippen LogP contribution in [-0.2, 0) is 0 Å². The molecule has 0 fully saturated rings. The number of hydrogen-bond donors (Lipinski definition) is 1. The summed E-state index contributed by atoms with van der Waals surface area (Å²) < 4.78 is 18.7. The molecule has 1 N–H and O–H groups in total. The molecule has 1 unspecified atom stereocenters. The van der Waals surface area contributed by atoms with E-state index < -0.39 is 0 Å². The van der Waals surface area contributed by atoms with Crippen molar-refractivity contribution in [3.8, 4) is 5.75 Å². The fourth-order valence-electron chi connectivity index (χ4n) is 2.08. The Morgan fingerprint density at radius 2 is 1.83 bits per heavy atom. The number of halogens is 1. The third-order valence-corrected chi connectivity index (χ3v) is 2.92. The lowest BCUT2D eigenvalue weighted by molar-refractivity contribution is 0.404. The second-order valence-electron chi connectivity index (χ2n) is 4.02. The quantitative estimate of drug-likeness (QED) is 0.893. The van der Waals surface area contributed by atoms with Gasteiger partial charge < -0.3 is 10.1 Å². The molecule has 0 radical (unpaired) electrons. The van der Waals surface area contributed by atoms with Gasteiger partial charge in [0.25, 0.3) is 0 Å². The maximum Gasteiger partial charge on any atom is 0.124 e. The van der Waals surface area contributed by atoms with E-state index in [4.69, 9.17) is 4.74 Å². The van der Waals surface area contributed by atoms with Gasteiger partial charge in [-0.3, -0.25) is 0 Å². The lowest BCUT2D eigenvalue weighted by atomic mass is 9.98. The molecule has 2 aromatic rings. The van der Waals surface area contributed by atoms with Crippen molar-refractivity contribution in [3.05, 3.63) is 65.5 Å². The molecule has 0 aliphatic rings. The van der Waals surface area contributed by atoms with Crippen LogP contribution in [0, 0.1) is 5.82 Å². The normalized spacial score (nSPS) is 12.2. The molecule has 0 spiro atoms. The molecule has 0 amide bonds. The van der Waals surface area contributed by atoms with E-state index in [9.17, 15) is 4.39 Å². The van der Waals surface area contributed by atoms with Gasteiger partial charge in [0, 0.05) is 5.56 Å². The highest BCUT2D eigenvalue weighted by Crippen LogP contribution is 2.30. The van der Waals surface area contributed by atoms with Crippen LogP contribution >= 0.6 is 0 Å². The summed E-state index contributed by atoms with van der Waals surface area (Å²) in [6.45, 7) is 0. The number of methoxy groups -OCH3 is 1. The van der Waals surface area contributed by atoms with Crippen molar-refractivity contribution in [1.82, 2.24) is 5.32 Å². The van der Waals surface area contributed by atoms with Crippen LogP contribution in [-0.4, -0.2) is 14.2 Å². The van der Waals surface area contributed by atoms with Gasteiger partial charge in [0.2, 0.25) is 0 Å². The van der Waals surface area contributed by atoms with Gasteiger partial charge >= 0.3 is 0 Å². The maximum absolute atomic E-state index is 13.4. The minimum atomic E-state index is -0.262. The highest BCUT2D eigenvalue weighted by atomic mass is 19.1. The molecule has 0 aliphatic carbocycles. The summed E-state index contributed by atoms with van der Waals surface area (Å²) in [4.78, 5) is 0. The average Bonchev–Trinajstić information content (AvgIpc) is 2.41. The first-order valence-corrected chi connectivity index (χ1v) is 5.82. The molecule has 3 heteroatoms. The SMILES string of the molecule is CNC(c1ccccc1)c1cc(F)ccc1OC. The zero-order valence-electron chi connectivity index (χ0n) is 10.5. The molecule has 0 saturated heterocycles. The van der Waals surface area contributed by atoms with E-state index in [1.165, 1.54) is 12.1 Å². The van der Waals surface area contributed by atoms with E-state index >= 15 is 0 Å². The van der Waals surface area contributed by atoms with Gasteiger partial charge in [0.05, 0.1) is 13.2 Å². The van der Waals surface area contributed by atoms with Crippen molar-refractivity contribution in [2.45, 2.75) is 6.04 Å². The Morgan fingerprint density at radius 1 is 1.11 bits per heavy atom. The van der Waals surface area contributed by atoms with Crippen LogP contribution in [0.3, 0.4) is 0 Å². The first-order chi connectivity index (χ1) is 8.76. The Kier molecular flexibility index (Phi) is 3.95. The summed E-state index contributed by atoms with van der Waals surface area (Å²) in [7, 11) is 3.44. The van der Waals surface area contributed by atoms with E-state index in [2.05, 4.69) is 5.32 Å². The minimum Gasteiger partial charge on any atom is -0.496 e. The number of hydrogen-bond acceptors (Lipinski definition) is 2. The van der Waals surface area contributed by atoms with Crippen LogP contribution in [0.15, 0.2) is 48.5 Å². The van der Waals surface area contributed by atoms with Crippen molar-refractivity contribution in [2.24, 2.45) is 0 Å². The Bertz CT molecular complexity index is 513. The number of ether oxygens (including phenoxy) is 1. The van der Waals surface area contributed by atoms with Gasteiger partial charge in [0.15, 0.2) is 0 Å². The van der Waals surface area contributed by atoms with Crippen LogP contribution in [0.5, 0.6) is 5.75 Å². The van der Waals surface area contributed by atoms with E-state index in [0.29, 0.717) is 5.75 Å². The number of nitrogens with one attached hydrogen (secondary N) is 1. The second-order valence-corrected chi connectivity index (χ2v) is 4.02. The van der Waals surface area contributed by atoms with Gasteiger partial charge in [-0.15, -0.1) is 0 Å². The standard InChI is InChI=1S/C15H16FNO/c1-17-15(11-6-4-3-5-7-11)13-10-12(16)8-9-14(13)18-2/h3-10,15,17H,1-2H3. The molecule has 2 rings (SSSR count). The summed E-state index contributed by atoms with van der Waals surface area (Å²) >= 11 is 0. The largest absolute Gasteiger partial charge is 0.496 e. The molecule has 94 valence electrons. The third kappa shape index (κ3) is 2.51. The first kappa shape index (κ1) is 12.6. The fraction of sp³-hybridized carbons (Fsp3) is 0.200. The number of rotatable bonds is 4. The highest BCUT2D eigenvalue weighted by Gasteiger charge is 2.16. The molecule has 1 atom stereocenters. The summed E-state index contributed by atoms with van der Waals surface area (Å²) in [5.41, 5.74) is 1.87. The third-order valence-electron chi connectivity index (χ3n) is 2.92. The Balaban J connectivity index is 2.48. The Labute approximate surface area is 106 Å². The van der Waals surface area contributed by atoms with Crippen molar-refractivity contribution in [2.75, 3.05) is 14.2 Å². The molecule has 0 bridgehead atoms. The predicted molar refractivity (Wildman–Crippen MR) is 70.3 cm³/mol. The van der Waals surface area contributed by atoms with E-state index in [-0.39, 0.29) is 11.9 Å². The topological polar surface area (TPSA) is 21.3 Å². The monoisotopic (exact) mass is 245 g/mol. The summed E-state index contributed by atoms with van der Waals surface area (Å²) in [5, 5.41) is 3.19. The van der Waals surface area contributed by atoms with E-state index in [0.717, 1.165) is 11.1 Å². The van der Waals surface area contributed by atoms with Crippen LogP contribution < -0.4 is 10.1 Å². The molecule has 2 aromatic carbocycles. The van der Waals surface area contributed by atoms with Crippen LogP contribution in [0.1, 0.15) is 17.2 Å². The van der Waals surface area contributed by atoms with E-state index in [1.807, 2.05) is 37.4 Å². The number of benzene rings is 2. The fourth-order valence-corrected chi connectivity index (χ4v) is 2.08. The van der Waals surface area contributed by atoms with E-state index in [1.54, 1.807) is 13.2 Å². The summed E-state index contributed by atoms with van der Waals surface area (Å²) in [6.07, 6.45) is 0. The Hall–Kier alpha value is -1.87.